The fraction of sp³-hybridized carbons (Fsp3) is 0.435. The molecule has 0 spiro atoms. The summed E-state index contributed by atoms with van der Waals surface area (Å²) in [7, 11) is 1.35. The number of methoxy groups -OCH3 is 1. The van der Waals surface area contributed by atoms with Gasteiger partial charge < -0.3 is 15.0 Å². The van der Waals surface area contributed by atoms with Crippen LogP contribution in [-0.2, 0) is 16.0 Å². The first-order valence-electron chi connectivity index (χ1n) is 10.2. The molecule has 29 heavy (non-hydrogen) atoms. The Morgan fingerprint density at radius 2 is 1.90 bits per heavy atom. The largest absolute Gasteiger partial charge is 0.469 e. The van der Waals surface area contributed by atoms with Crippen molar-refractivity contribution in [3.8, 4) is 0 Å². The van der Waals surface area contributed by atoms with Gasteiger partial charge in [0.15, 0.2) is 0 Å². The molecule has 2 heterocycles. The molecule has 1 aliphatic heterocycles. The van der Waals surface area contributed by atoms with Gasteiger partial charge in [0, 0.05) is 25.3 Å². The number of aromatic nitrogens is 1. The van der Waals surface area contributed by atoms with E-state index in [4.69, 9.17) is 4.74 Å². The molecule has 2 aromatic rings. The van der Waals surface area contributed by atoms with Crippen LogP contribution < -0.4 is 10.2 Å². The van der Waals surface area contributed by atoms with E-state index in [0.717, 1.165) is 30.4 Å². The lowest BCUT2D eigenvalue weighted by molar-refractivity contribution is -0.141. The van der Waals surface area contributed by atoms with Crippen LogP contribution >= 0.6 is 0 Å². The molecule has 1 atom stereocenters. The number of nitrogens with one attached hydrogen (secondary N) is 1. The van der Waals surface area contributed by atoms with E-state index in [0.29, 0.717) is 12.0 Å². The Morgan fingerprint density at radius 3 is 2.52 bits per heavy atom. The van der Waals surface area contributed by atoms with Crippen molar-refractivity contribution < 1.29 is 14.3 Å². The van der Waals surface area contributed by atoms with E-state index >= 15 is 0 Å². The predicted octanol–water partition coefficient (Wildman–Crippen LogP) is 3.22. The molecule has 1 unspecified atom stereocenters. The van der Waals surface area contributed by atoms with Crippen molar-refractivity contribution >= 4 is 17.7 Å². The summed E-state index contributed by atoms with van der Waals surface area (Å²) in [5.41, 5.74) is 1.54. The molecule has 0 radical (unpaired) electrons. The molecule has 1 saturated heterocycles. The van der Waals surface area contributed by atoms with Crippen LogP contribution in [0.25, 0.3) is 0 Å². The van der Waals surface area contributed by atoms with Crippen molar-refractivity contribution in [1.29, 1.82) is 0 Å². The van der Waals surface area contributed by atoms with Crippen LogP contribution in [0.5, 0.6) is 0 Å². The molecule has 154 valence electrons. The number of nitrogens with zero attached hydrogens (tertiary/aromatic N) is 2. The van der Waals surface area contributed by atoms with Crippen molar-refractivity contribution in [3.05, 3.63) is 59.8 Å². The maximum absolute atomic E-state index is 12.7. The van der Waals surface area contributed by atoms with Crippen LogP contribution in [0.15, 0.2) is 48.7 Å². The Morgan fingerprint density at radius 1 is 1.17 bits per heavy atom. The van der Waals surface area contributed by atoms with E-state index in [2.05, 4.69) is 22.1 Å². The van der Waals surface area contributed by atoms with E-state index in [-0.39, 0.29) is 24.3 Å². The molecule has 1 aliphatic rings. The van der Waals surface area contributed by atoms with Crippen molar-refractivity contribution in [2.24, 2.45) is 5.92 Å². The zero-order valence-corrected chi connectivity index (χ0v) is 17.1. The van der Waals surface area contributed by atoms with Gasteiger partial charge in [-0.1, -0.05) is 37.3 Å². The topological polar surface area (TPSA) is 71.5 Å². The number of carbonyl (C=O) groups excluding carboxylic acids is 2. The van der Waals surface area contributed by atoms with Crippen molar-refractivity contribution in [2.75, 3.05) is 25.1 Å². The van der Waals surface area contributed by atoms with Crippen LogP contribution in [0.3, 0.4) is 0 Å². The number of piperidine rings is 1. The first kappa shape index (κ1) is 20.8. The van der Waals surface area contributed by atoms with Crippen LogP contribution in [-0.4, -0.2) is 43.1 Å². The summed E-state index contributed by atoms with van der Waals surface area (Å²) in [6.45, 7) is 4.27. The third-order valence-corrected chi connectivity index (χ3v) is 5.42. The van der Waals surface area contributed by atoms with Crippen LogP contribution in [0, 0.1) is 5.92 Å². The van der Waals surface area contributed by atoms with Gasteiger partial charge >= 0.3 is 5.97 Å². The van der Waals surface area contributed by atoms with Gasteiger partial charge in [0.05, 0.1) is 19.1 Å². The smallest absolute Gasteiger partial charge is 0.307 e. The Hall–Kier alpha value is -2.89. The number of hydrogen-bond acceptors (Lipinski definition) is 5. The molecule has 0 bridgehead atoms. The minimum absolute atomic E-state index is 0.120. The lowest BCUT2D eigenvalue weighted by atomic mass is 9.99. The molecular formula is C23H29N3O3. The average molecular weight is 396 g/mol. The van der Waals surface area contributed by atoms with Crippen LogP contribution in [0.4, 0.5) is 5.82 Å². The fourth-order valence-corrected chi connectivity index (χ4v) is 3.57. The van der Waals surface area contributed by atoms with Crippen molar-refractivity contribution in [3.63, 3.8) is 0 Å². The molecule has 6 heteroatoms. The maximum Gasteiger partial charge on any atom is 0.307 e. The first-order valence-corrected chi connectivity index (χ1v) is 10.2. The quantitative estimate of drug-likeness (QED) is 0.729. The standard InChI is InChI=1S/C23H29N3O3/c1-17-10-12-26(13-11-17)21-9-8-19(16-24-21)23(28)25-20(15-22(27)29-2)14-18-6-4-3-5-7-18/h3-9,16-17,20H,10-15H2,1-2H3,(H,25,28). The summed E-state index contributed by atoms with van der Waals surface area (Å²) >= 11 is 0. The first-order chi connectivity index (χ1) is 14.0. The minimum Gasteiger partial charge on any atom is -0.469 e. The number of benzene rings is 1. The van der Waals surface area contributed by atoms with Crippen molar-refractivity contribution in [2.45, 2.75) is 38.6 Å². The molecule has 0 saturated carbocycles. The Kier molecular flexibility index (Phi) is 7.22. The van der Waals surface area contributed by atoms with E-state index in [1.54, 1.807) is 12.3 Å². The number of rotatable bonds is 7. The van der Waals surface area contributed by atoms with E-state index in [1.165, 1.54) is 20.0 Å². The lowest BCUT2D eigenvalue weighted by Gasteiger charge is -2.31. The third kappa shape index (κ3) is 6.04. The zero-order chi connectivity index (χ0) is 20.6. The minimum atomic E-state index is -0.348. The summed E-state index contributed by atoms with van der Waals surface area (Å²) in [6, 6.07) is 13.1. The molecular weight excluding hydrogens is 366 g/mol. The Labute approximate surface area is 172 Å². The number of hydrogen-bond donors (Lipinski definition) is 1. The lowest BCUT2D eigenvalue weighted by Crippen LogP contribution is -2.38. The monoisotopic (exact) mass is 395 g/mol. The van der Waals surface area contributed by atoms with Gasteiger partial charge in [-0.15, -0.1) is 0 Å². The van der Waals surface area contributed by atoms with Gasteiger partial charge in [-0.2, -0.15) is 0 Å². The number of anilines is 1. The zero-order valence-electron chi connectivity index (χ0n) is 17.1. The summed E-state index contributed by atoms with van der Waals surface area (Å²) in [6.07, 6.45) is 4.62. The third-order valence-electron chi connectivity index (χ3n) is 5.42. The van der Waals surface area contributed by atoms with Gasteiger partial charge in [-0.25, -0.2) is 4.98 Å². The van der Waals surface area contributed by atoms with E-state index in [9.17, 15) is 9.59 Å². The number of amides is 1. The predicted molar refractivity (Wildman–Crippen MR) is 113 cm³/mol. The molecule has 1 fully saturated rings. The summed E-state index contributed by atoms with van der Waals surface area (Å²) in [5, 5.41) is 2.96. The molecule has 6 nitrogen and oxygen atoms in total. The second-order valence-corrected chi connectivity index (χ2v) is 7.72. The van der Waals surface area contributed by atoms with E-state index < -0.39 is 0 Å². The Bertz CT molecular complexity index is 800. The number of ether oxygens (including phenoxy) is 1. The molecule has 1 aromatic heterocycles. The second kappa shape index (κ2) is 10.0. The fourth-order valence-electron chi connectivity index (χ4n) is 3.57. The van der Waals surface area contributed by atoms with Gasteiger partial charge in [0.2, 0.25) is 0 Å². The summed E-state index contributed by atoms with van der Waals surface area (Å²) < 4.78 is 4.79. The van der Waals surface area contributed by atoms with Gasteiger partial charge in [0.25, 0.3) is 5.91 Å². The SMILES string of the molecule is COC(=O)CC(Cc1ccccc1)NC(=O)c1ccc(N2CCC(C)CC2)nc1. The maximum atomic E-state index is 12.7. The summed E-state index contributed by atoms with van der Waals surface area (Å²) in [4.78, 5) is 31.3. The van der Waals surface area contributed by atoms with E-state index in [1.807, 2.05) is 36.4 Å². The highest BCUT2D eigenvalue weighted by atomic mass is 16.5. The van der Waals surface area contributed by atoms with Gasteiger partial charge in [0.1, 0.15) is 5.82 Å². The molecule has 1 N–H and O–H groups in total. The molecule has 1 aromatic carbocycles. The van der Waals surface area contributed by atoms with Crippen LogP contribution in [0.1, 0.15) is 42.1 Å². The van der Waals surface area contributed by atoms with Crippen LogP contribution in [0.2, 0.25) is 0 Å². The van der Waals surface area contributed by atoms with Gasteiger partial charge in [-0.3, -0.25) is 9.59 Å². The number of esters is 1. The molecule has 3 rings (SSSR count). The number of carbonyl (C=O) groups is 2. The summed E-state index contributed by atoms with van der Waals surface area (Å²) in [5.74, 6) is 1.08. The average Bonchev–Trinajstić information content (AvgIpc) is 2.75. The highest BCUT2D eigenvalue weighted by molar-refractivity contribution is 5.94. The van der Waals surface area contributed by atoms with Crippen molar-refractivity contribution in [1.82, 2.24) is 10.3 Å². The highest BCUT2D eigenvalue weighted by Crippen LogP contribution is 2.21. The Balaban J connectivity index is 1.64. The normalized spacial score (nSPS) is 15.6. The molecule has 1 amide bonds. The van der Waals surface area contributed by atoms with Gasteiger partial charge in [-0.05, 0) is 42.9 Å². The number of pyridine rings is 1. The second-order valence-electron chi connectivity index (χ2n) is 7.72. The highest BCUT2D eigenvalue weighted by Gasteiger charge is 2.20. The molecule has 0 aliphatic carbocycles.